The zero-order chi connectivity index (χ0) is 18.6. The van der Waals surface area contributed by atoms with Crippen LogP contribution in [-0.2, 0) is 0 Å². The van der Waals surface area contributed by atoms with Crippen molar-refractivity contribution < 1.29 is 9.53 Å². The number of benzene rings is 1. The predicted octanol–water partition coefficient (Wildman–Crippen LogP) is 2.07. The van der Waals surface area contributed by atoms with E-state index in [4.69, 9.17) is 4.74 Å². The lowest BCUT2D eigenvalue weighted by molar-refractivity contribution is 0.0946. The SMILES string of the molecule is Cc1nc(OCCNC(=O)c2ccc3nc[nH]c3c2)cc(N2CCCC2)n1. The number of amides is 1. The van der Waals surface area contributed by atoms with Crippen LogP contribution in [0.3, 0.4) is 0 Å². The number of aromatic amines is 1. The van der Waals surface area contributed by atoms with Crippen LogP contribution in [-0.4, -0.2) is 52.1 Å². The van der Waals surface area contributed by atoms with E-state index in [1.54, 1.807) is 18.5 Å². The average Bonchev–Trinajstić information content (AvgIpc) is 3.35. The standard InChI is InChI=1S/C19H22N6O2/c1-13-23-17(25-7-2-3-8-25)11-18(24-13)27-9-6-20-19(26)14-4-5-15-16(10-14)22-12-21-15/h4-5,10-12H,2-3,6-9H2,1H3,(H,20,26)(H,21,22). The molecule has 2 N–H and O–H groups in total. The molecule has 1 aromatic carbocycles. The minimum absolute atomic E-state index is 0.147. The molecule has 140 valence electrons. The molecule has 0 radical (unpaired) electrons. The smallest absolute Gasteiger partial charge is 0.251 e. The molecule has 0 bridgehead atoms. The lowest BCUT2D eigenvalue weighted by Crippen LogP contribution is -2.28. The number of aryl methyl sites for hydroxylation is 1. The van der Waals surface area contributed by atoms with Gasteiger partial charge in [-0.25, -0.2) is 9.97 Å². The van der Waals surface area contributed by atoms with Gasteiger partial charge in [-0.3, -0.25) is 4.79 Å². The minimum atomic E-state index is -0.147. The quantitative estimate of drug-likeness (QED) is 0.649. The largest absolute Gasteiger partial charge is 0.476 e. The number of anilines is 1. The van der Waals surface area contributed by atoms with Crippen molar-refractivity contribution in [2.45, 2.75) is 19.8 Å². The highest BCUT2D eigenvalue weighted by Gasteiger charge is 2.15. The molecule has 0 spiro atoms. The Labute approximate surface area is 157 Å². The van der Waals surface area contributed by atoms with Gasteiger partial charge in [0.05, 0.1) is 23.9 Å². The summed E-state index contributed by atoms with van der Waals surface area (Å²) in [5.41, 5.74) is 2.26. The van der Waals surface area contributed by atoms with Crippen molar-refractivity contribution in [3.8, 4) is 5.88 Å². The molecule has 27 heavy (non-hydrogen) atoms. The molecule has 1 amide bonds. The number of carbonyl (C=O) groups excluding carboxylic acids is 1. The zero-order valence-electron chi connectivity index (χ0n) is 15.2. The van der Waals surface area contributed by atoms with Crippen LogP contribution >= 0.6 is 0 Å². The maximum absolute atomic E-state index is 12.3. The first kappa shape index (κ1) is 17.3. The molecule has 1 aliphatic heterocycles. The Morgan fingerprint density at radius 2 is 2.11 bits per heavy atom. The van der Waals surface area contributed by atoms with Gasteiger partial charge in [0.15, 0.2) is 0 Å². The number of nitrogens with one attached hydrogen (secondary N) is 2. The Balaban J connectivity index is 1.31. The number of hydrogen-bond acceptors (Lipinski definition) is 6. The van der Waals surface area contributed by atoms with Gasteiger partial charge in [0.25, 0.3) is 5.91 Å². The molecule has 1 saturated heterocycles. The van der Waals surface area contributed by atoms with Crippen LogP contribution in [0.15, 0.2) is 30.6 Å². The Hall–Kier alpha value is -3.16. The zero-order valence-corrected chi connectivity index (χ0v) is 15.2. The predicted molar refractivity (Wildman–Crippen MR) is 102 cm³/mol. The van der Waals surface area contributed by atoms with Gasteiger partial charge in [-0.2, -0.15) is 4.98 Å². The first-order chi connectivity index (χ1) is 13.2. The van der Waals surface area contributed by atoms with E-state index >= 15 is 0 Å². The van der Waals surface area contributed by atoms with E-state index in [1.165, 1.54) is 12.8 Å². The number of rotatable bonds is 6. The van der Waals surface area contributed by atoms with Crippen LogP contribution in [0.2, 0.25) is 0 Å². The van der Waals surface area contributed by atoms with E-state index in [9.17, 15) is 4.79 Å². The third-order valence-corrected chi connectivity index (χ3v) is 4.55. The fourth-order valence-electron chi connectivity index (χ4n) is 3.21. The molecule has 3 aromatic rings. The van der Waals surface area contributed by atoms with Crippen molar-refractivity contribution in [1.29, 1.82) is 0 Å². The summed E-state index contributed by atoms with van der Waals surface area (Å²) in [6, 6.07) is 7.23. The van der Waals surface area contributed by atoms with E-state index in [-0.39, 0.29) is 5.91 Å². The average molecular weight is 366 g/mol. The number of fused-ring (bicyclic) bond motifs is 1. The van der Waals surface area contributed by atoms with Crippen LogP contribution in [0.4, 0.5) is 5.82 Å². The summed E-state index contributed by atoms with van der Waals surface area (Å²) in [6.07, 6.45) is 3.99. The molecular formula is C19H22N6O2. The molecule has 8 nitrogen and oxygen atoms in total. The van der Waals surface area contributed by atoms with Crippen molar-refractivity contribution in [3.63, 3.8) is 0 Å². The third-order valence-electron chi connectivity index (χ3n) is 4.55. The Morgan fingerprint density at radius 1 is 1.26 bits per heavy atom. The highest BCUT2D eigenvalue weighted by molar-refractivity contribution is 5.97. The van der Waals surface area contributed by atoms with Crippen LogP contribution < -0.4 is 15.0 Å². The molecule has 4 rings (SSSR count). The number of carbonyl (C=O) groups is 1. The Bertz CT molecular complexity index is 948. The number of aromatic nitrogens is 4. The monoisotopic (exact) mass is 366 g/mol. The van der Waals surface area contributed by atoms with Crippen molar-refractivity contribution >= 4 is 22.8 Å². The molecule has 1 aliphatic rings. The first-order valence-electron chi connectivity index (χ1n) is 9.14. The van der Waals surface area contributed by atoms with Crippen molar-refractivity contribution in [3.05, 3.63) is 42.0 Å². The van der Waals surface area contributed by atoms with Gasteiger partial charge in [-0.15, -0.1) is 0 Å². The third kappa shape index (κ3) is 3.99. The number of hydrogen-bond donors (Lipinski definition) is 2. The number of ether oxygens (including phenoxy) is 1. The summed E-state index contributed by atoms with van der Waals surface area (Å²) < 4.78 is 5.72. The number of nitrogens with zero attached hydrogens (tertiary/aromatic N) is 4. The van der Waals surface area contributed by atoms with Gasteiger partial charge in [0.1, 0.15) is 18.2 Å². The lowest BCUT2D eigenvalue weighted by Gasteiger charge is -2.17. The number of H-pyrrole nitrogens is 1. The Morgan fingerprint density at radius 3 is 2.96 bits per heavy atom. The normalized spacial score (nSPS) is 13.9. The maximum atomic E-state index is 12.3. The van der Waals surface area contributed by atoms with Crippen molar-refractivity contribution in [2.75, 3.05) is 31.1 Å². The highest BCUT2D eigenvalue weighted by atomic mass is 16.5. The summed E-state index contributed by atoms with van der Waals surface area (Å²) in [6.45, 7) is 4.63. The topological polar surface area (TPSA) is 96.0 Å². The van der Waals surface area contributed by atoms with Crippen molar-refractivity contribution in [1.82, 2.24) is 25.3 Å². The van der Waals surface area contributed by atoms with Crippen LogP contribution in [0, 0.1) is 6.92 Å². The summed E-state index contributed by atoms with van der Waals surface area (Å²) in [5.74, 6) is 1.99. The van der Waals surface area contributed by atoms with E-state index in [0.29, 0.717) is 30.4 Å². The van der Waals surface area contributed by atoms with Gasteiger partial charge >= 0.3 is 0 Å². The fraction of sp³-hybridized carbons (Fsp3) is 0.368. The van der Waals surface area contributed by atoms with Crippen LogP contribution in [0.25, 0.3) is 11.0 Å². The first-order valence-corrected chi connectivity index (χ1v) is 9.14. The second kappa shape index (κ2) is 7.61. The summed E-state index contributed by atoms with van der Waals surface area (Å²) in [7, 11) is 0. The van der Waals surface area contributed by atoms with Gasteiger partial charge < -0.3 is 19.9 Å². The van der Waals surface area contributed by atoms with Gasteiger partial charge in [-0.05, 0) is 38.0 Å². The molecular weight excluding hydrogens is 344 g/mol. The number of imidazole rings is 1. The van der Waals surface area contributed by atoms with E-state index in [1.807, 2.05) is 19.1 Å². The van der Waals surface area contributed by atoms with Gasteiger partial charge in [0.2, 0.25) is 5.88 Å². The summed E-state index contributed by atoms with van der Waals surface area (Å²) in [4.78, 5) is 30.5. The van der Waals surface area contributed by atoms with Crippen LogP contribution in [0.5, 0.6) is 5.88 Å². The second-order valence-electron chi connectivity index (χ2n) is 6.54. The lowest BCUT2D eigenvalue weighted by atomic mass is 10.2. The van der Waals surface area contributed by atoms with Gasteiger partial charge in [-0.1, -0.05) is 0 Å². The molecule has 0 unspecified atom stereocenters. The molecule has 0 saturated carbocycles. The van der Waals surface area contributed by atoms with Crippen molar-refractivity contribution in [2.24, 2.45) is 0 Å². The fourth-order valence-corrected chi connectivity index (χ4v) is 3.21. The summed E-state index contributed by atoms with van der Waals surface area (Å²) >= 11 is 0. The van der Waals surface area contributed by atoms with E-state index < -0.39 is 0 Å². The van der Waals surface area contributed by atoms with E-state index in [0.717, 1.165) is 29.9 Å². The van der Waals surface area contributed by atoms with E-state index in [2.05, 4.69) is 30.2 Å². The minimum Gasteiger partial charge on any atom is -0.476 e. The molecule has 8 heteroatoms. The highest BCUT2D eigenvalue weighted by Crippen LogP contribution is 2.21. The molecule has 1 fully saturated rings. The maximum Gasteiger partial charge on any atom is 0.251 e. The molecule has 0 aliphatic carbocycles. The molecule has 2 aromatic heterocycles. The van der Waals surface area contributed by atoms with Crippen LogP contribution in [0.1, 0.15) is 29.0 Å². The summed E-state index contributed by atoms with van der Waals surface area (Å²) in [5, 5.41) is 2.86. The molecule has 3 heterocycles. The second-order valence-corrected chi connectivity index (χ2v) is 6.54. The van der Waals surface area contributed by atoms with Gasteiger partial charge in [0, 0.05) is 24.7 Å². The Kier molecular flexibility index (Phi) is 4.86. The molecule has 0 atom stereocenters.